The summed E-state index contributed by atoms with van der Waals surface area (Å²) in [7, 11) is 0. The van der Waals surface area contributed by atoms with E-state index in [0.717, 1.165) is 83.2 Å². The van der Waals surface area contributed by atoms with Crippen molar-refractivity contribution in [3.05, 3.63) is 223 Å². The number of hydrogen-bond acceptors (Lipinski definition) is 3. The molecule has 3 heteroatoms. The van der Waals surface area contributed by atoms with Crippen LogP contribution in [0, 0.1) is 0 Å². The van der Waals surface area contributed by atoms with Crippen molar-refractivity contribution in [1.29, 1.82) is 0 Å². The molecular formula is C61H41NO2. The third kappa shape index (κ3) is 5.67. The Morgan fingerprint density at radius 1 is 0.328 bits per heavy atom. The Morgan fingerprint density at radius 2 is 0.859 bits per heavy atom. The first kappa shape index (κ1) is 36.5. The number of para-hydroxylation sites is 3. The Hall–Kier alpha value is -8.14. The van der Waals surface area contributed by atoms with Gasteiger partial charge in [-0.3, -0.25) is 0 Å². The minimum Gasteiger partial charge on any atom is -0.456 e. The molecule has 1 aliphatic carbocycles. The van der Waals surface area contributed by atoms with Gasteiger partial charge in [-0.1, -0.05) is 153 Å². The fraction of sp³-hybridized carbons (Fsp3) is 0.0492. The van der Waals surface area contributed by atoms with E-state index in [1.807, 2.05) is 24.3 Å². The van der Waals surface area contributed by atoms with Gasteiger partial charge in [-0.15, -0.1) is 0 Å². The van der Waals surface area contributed by atoms with E-state index in [1.54, 1.807) is 0 Å². The molecule has 64 heavy (non-hydrogen) atoms. The van der Waals surface area contributed by atoms with Gasteiger partial charge in [-0.2, -0.15) is 0 Å². The van der Waals surface area contributed by atoms with Crippen LogP contribution in [0.25, 0.3) is 99.2 Å². The minimum atomic E-state index is -0.214. The lowest BCUT2D eigenvalue weighted by Crippen LogP contribution is -2.16. The van der Waals surface area contributed by atoms with Crippen LogP contribution in [0.1, 0.15) is 25.0 Å². The van der Waals surface area contributed by atoms with Crippen LogP contribution in [0.2, 0.25) is 0 Å². The molecule has 3 nitrogen and oxygen atoms in total. The predicted octanol–water partition coefficient (Wildman–Crippen LogP) is 17.4. The third-order valence-corrected chi connectivity index (χ3v) is 13.7. The number of furan rings is 2. The van der Waals surface area contributed by atoms with E-state index < -0.39 is 0 Å². The maximum Gasteiger partial charge on any atom is 0.143 e. The molecule has 302 valence electrons. The second-order valence-corrected chi connectivity index (χ2v) is 17.7. The monoisotopic (exact) mass is 819 g/mol. The minimum absolute atomic E-state index is 0.214. The summed E-state index contributed by atoms with van der Waals surface area (Å²) in [6, 6.07) is 76.8. The molecule has 0 unspecified atom stereocenters. The van der Waals surface area contributed by atoms with Crippen molar-refractivity contribution in [3.8, 4) is 44.5 Å². The lowest BCUT2D eigenvalue weighted by atomic mass is 9.81. The van der Waals surface area contributed by atoms with Crippen LogP contribution < -0.4 is 4.90 Å². The predicted molar refractivity (Wildman–Crippen MR) is 267 cm³/mol. The van der Waals surface area contributed by atoms with Gasteiger partial charge in [0.2, 0.25) is 0 Å². The van der Waals surface area contributed by atoms with Crippen LogP contribution >= 0.6 is 0 Å². The Bertz CT molecular complexity index is 3810. The second-order valence-electron chi connectivity index (χ2n) is 17.7. The zero-order chi connectivity index (χ0) is 42.5. The first-order valence-corrected chi connectivity index (χ1v) is 22.1. The molecule has 0 atom stereocenters. The molecule has 0 aliphatic heterocycles. The number of hydrogen-bond donors (Lipinski definition) is 0. The average Bonchev–Trinajstić information content (AvgIpc) is 3.99. The molecule has 0 fully saturated rings. The van der Waals surface area contributed by atoms with Crippen LogP contribution in [-0.2, 0) is 5.41 Å². The van der Waals surface area contributed by atoms with E-state index in [2.05, 4.69) is 207 Å². The van der Waals surface area contributed by atoms with Crippen molar-refractivity contribution < 1.29 is 8.83 Å². The Labute approximate surface area is 371 Å². The molecule has 0 N–H and O–H groups in total. The fourth-order valence-electron chi connectivity index (χ4n) is 10.3. The maximum atomic E-state index is 6.46. The smallest absolute Gasteiger partial charge is 0.143 e. The fourth-order valence-corrected chi connectivity index (χ4v) is 10.3. The SMILES string of the molecule is CC1(C)c2cc(-c3ccc4ccccc4c3)ccc2-c2ccc(N(c3ccc(-c4ccc5oc6ccccc6c5c4)cc3)c3ccc(-c4cccc5c4oc4ccccc45)cc3)cc21. The highest BCUT2D eigenvalue weighted by Crippen LogP contribution is 2.52. The van der Waals surface area contributed by atoms with E-state index in [4.69, 9.17) is 8.83 Å². The number of nitrogens with zero attached hydrogens (tertiary/aromatic N) is 1. The molecular weight excluding hydrogens is 779 g/mol. The van der Waals surface area contributed by atoms with Gasteiger partial charge in [0.15, 0.2) is 0 Å². The van der Waals surface area contributed by atoms with Gasteiger partial charge in [0, 0.05) is 49.6 Å². The zero-order valence-electron chi connectivity index (χ0n) is 35.5. The summed E-state index contributed by atoms with van der Waals surface area (Å²) in [5.41, 5.74) is 18.9. The molecule has 0 radical (unpaired) electrons. The van der Waals surface area contributed by atoms with Crippen LogP contribution in [-0.4, -0.2) is 0 Å². The van der Waals surface area contributed by atoms with Crippen LogP contribution in [0.5, 0.6) is 0 Å². The number of benzene rings is 10. The lowest BCUT2D eigenvalue weighted by Gasteiger charge is -2.28. The maximum absolute atomic E-state index is 6.46. The van der Waals surface area contributed by atoms with Crippen LogP contribution in [0.4, 0.5) is 17.1 Å². The van der Waals surface area contributed by atoms with Gasteiger partial charge in [0.25, 0.3) is 0 Å². The first-order chi connectivity index (χ1) is 31.4. The summed E-state index contributed by atoms with van der Waals surface area (Å²) in [6.07, 6.45) is 0. The van der Waals surface area contributed by atoms with E-state index in [0.29, 0.717) is 0 Å². The highest BCUT2D eigenvalue weighted by atomic mass is 16.3. The largest absolute Gasteiger partial charge is 0.456 e. The van der Waals surface area contributed by atoms with Gasteiger partial charge in [0.05, 0.1) is 0 Å². The van der Waals surface area contributed by atoms with Crippen molar-refractivity contribution in [2.75, 3.05) is 4.90 Å². The van der Waals surface area contributed by atoms with Crippen LogP contribution in [0.15, 0.2) is 221 Å². The number of fused-ring (bicyclic) bond motifs is 10. The Balaban J connectivity index is 0.906. The lowest BCUT2D eigenvalue weighted by molar-refractivity contribution is 0.660. The molecule has 12 aromatic rings. The summed E-state index contributed by atoms with van der Waals surface area (Å²) >= 11 is 0. The van der Waals surface area contributed by atoms with Crippen LogP contribution in [0.3, 0.4) is 0 Å². The number of anilines is 3. The van der Waals surface area contributed by atoms with Gasteiger partial charge in [0.1, 0.15) is 22.3 Å². The van der Waals surface area contributed by atoms with Crippen molar-refractivity contribution in [1.82, 2.24) is 0 Å². The molecule has 0 saturated carbocycles. The Kier molecular flexibility index (Phi) is 7.95. The molecule has 0 amide bonds. The summed E-state index contributed by atoms with van der Waals surface area (Å²) in [6.45, 7) is 4.75. The summed E-state index contributed by atoms with van der Waals surface area (Å²) < 4.78 is 12.6. The molecule has 0 spiro atoms. The van der Waals surface area contributed by atoms with Crippen molar-refractivity contribution in [3.63, 3.8) is 0 Å². The second kappa shape index (κ2) is 13.9. The van der Waals surface area contributed by atoms with E-state index in [9.17, 15) is 0 Å². The first-order valence-electron chi connectivity index (χ1n) is 22.1. The van der Waals surface area contributed by atoms with Gasteiger partial charge in [-0.25, -0.2) is 0 Å². The topological polar surface area (TPSA) is 29.5 Å². The normalized spacial score (nSPS) is 13.0. The molecule has 0 saturated heterocycles. The van der Waals surface area contributed by atoms with Crippen molar-refractivity contribution >= 4 is 71.7 Å². The quantitative estimate of drug-likeness (QED) is 0.167. The Morgan fingerprint density at radius 3 is 1.64 bits per heavy atom. The molecule has 2 heterocycles. The standard InChI is InChI=1S/C61H41NO2/c1-61(2)55-36-44(42-19-18-38-10-3-4-11-41(38)34-42)24-31-49(55)50-32-30-47(37-56(50)61)62(45-26-20-39(21-27-45)43-25-33-59-54(35-43)52-13-6-7-16-57(52)63-59)46-28-22-40(23-29-46)48-14-9-15-53-51-12-5-8-17-58(51)64-60(48)53/h3-37H,1-2H3. The van der Waals surface area contributed by atoms with Crippen molar-refractivity contribution in [2.45, 2.75) is 19.3 Å². The highest BCUT2D eigenvalue weighted by Gasteiger charge is 2.36. The molecule has 10 aromatic carbocycles. The highest BCUT2D eigenvalue weighted by molar-refractivity contribution is 6.10. The van der Waals surface area contributed by atoms with Gasteiger partial charge < -0.3 is 13.7 Å². The number of rotatable bonds is 6. The summed E-state index contributed by atoms with van der Waals surface area (Å²) in [4.78, 5) is 2.39. The third-order valence-electron chi connectivity index (χ3n) is 13.7. The van der Waals surface area contributed by atoms with E-state index >= 15 is 0 Å². The van der Waals surface area contributed by atoms with E-state index in [1.165, 1.54) is 44.2 Å². The van der Waals surface area contributed by atoms with Gasteiger partial charge >= 0.3 is 0 Å². The molecule has 1 aliphatic rings. The summed E-state index contributed by atoms with van der Waals surface area (Å²) in [5, 5.41) is 7.04. The molecule has 13 rings (SSSR count). The van der Waals surface area contributed by atoms with Crippen molar-refractivity contribution in [2.24, 2.45) is 0 Å². The summed E-state index contributed by atoms with van der Waals surface area (Å²) in [5.74, 6) is 0. The molecule has 2 aromatic heterocycles. The van der Waals surface area contributed by atoms with Gasteiger partial charge in [-0.05, 0) is 134 Å². The van der Waals surface area contributed by atoms with E-state index in [-0.39, 0.29) is 5.41 Å². The molecule has 0 bridgehead atoms. The average molecular weight is 820 g/mol. The zero-order valence-corrected chi connectivity index (χ0v) is 35.5.